The molecule has 1 amide bonds. The molecule has 2 aromatic carbocycles. The van der Waals surface area contributed by atoms with Gasteiger partial charge in [-0.1, -0.05) is 35.9 Å². The minimum Gasteiger partial charge on any atom is -0.333 e. The molecule has 0 spiro atoms. The molecule has 0 radical (unpaired) electrons. The van der Waals surface area contributed by atoms with Crippen molar-refractivity contribution in [1.29, 1.82) is 0 Å². The van der Waals surface area contributed by atoms with E-state index in [9.17, 15) is 13.6 Å². The standard InChI is InChI=1S/C18H17ClF2N2O/c19-14-4-2-1-3-13(14)17-11-22-7-8-23(17)18(24)10-12-5-6-15(20)16(21)9-12/h1-6,9,17,22H,7-8,10-11H2. The number of carbonyl (C=O) groups is 1. The van der Waals surface area contributed by atoms with E-state index in [1.807, 2.05) is 18.2 Å². The molecule has 2 aromatic rings. The summed E-state index contributed by atoms with van der Waals surface area (Å²) < 4.78 is 26.4. The van der Waals surface area contributed by atoms with E-state index < -0.39 is 11.6 Å². The van der Waals surface area contributed by atoms with Crippen molar-refractivity contribution in [2.24, 2.45) is 0 Å². The Bertz CT molecular complexity index is 754. The average Bonchev–Trinajstić information content (AvgIpc) is 2.59. The fraction of sp³-hybridized carbons (Fsp3) is 0.278. The van der Waals surface area contributed by atoms with Gasteiger partial charge in [0.15, 0.2) is 11.6 Å². The summed E-state index contributed by atoms with van der Waals surface area (Å²) in [6.45, 7) is 1.83. The van der Waals surface area contributed by atoms with E-state index in [0.29, 0.717) is 30.2 Å². The van der Waals surface area contributed by atoms with Crippen molar-refractivity contribution in [2.45, 2.75) is 12.5 Å². The number of carbonyl (C=O) groups excluding carboxylic acids is 1. The molecule has 126 valence electrons. The van der Waals surface area contributed by atoms with Crippen LogP contribution >= 0.6 is 11.6 Å². The van der Waals surface area contributed by atoms with Crippen LogP contribution in [-0.4, -0.2) is 30.4 Å². The van der Waals surface area contributed by atoms with Crippen molar-refractivity contribution in [1.82, 2.24) is 10.2 Å². The van der Waals surface area contributed by atoms with Crippen LogP contribution in [0, 0.1) is 11.6 Å². The molecule has 1 unspecified atom stereocenters. The molecule has 1 saturated heterocycles. The molecular weight excluding hydrogens is 334 g/mol. The number of rotatable bonds is 3. The molecule has 1 aliphatic rings. The molecule has 0 saturated carbocycles. The quantitative estimate of drug-likeness (QED) is 0.921. The van der Waals surface area contributed by atoms with Crippen molar-refractivity contribution >= 4 is 17.5 Å². The Kier molecular flexibility index (Phi) is 5.11. The van der Waals surface area contributed by atoms with Crippen LogP contribution in [0.25, 0.3) is 0 Å². The first kappa shape index (κ1) is 16.9. The molecule has 1 atom stereocenters. The number of nitrogens with zero attached hydrogens (tertiary/aromatic N) is 1. The second-order valence-corrected chi connectivity index (χ2v) is 6.16. The minimum absolute atomic E-state index is 0.0259. The molecule has 1 fully saturated rings. The van der Waals surface area contributed by atoms with Crippen molar-refractivity contribution in [3.63, 3.8) is 0 Å². The Hall–Kier alpha value is -1.98. The Morgan fingerprint density at radius 1 is 1.21 bits per heavy atom. The van der Waals surface area contributed by atoms with Gasteiger partial charge in [-0.15, -0.1) is 0 Å². The van der Waals surface area contributed by atoms with Gasteiger partial charge in [-0.2, -0.15) is 0 Å². The molecule has 1 N–H and O–H groups in total. The number of benzene rings is 2. The Balaban J connectivity index is 1.81. The van der Waals surface area contributed by atoms with E-state index >= 15 is 0 Å². The predicted octanol–water partition coefficient (Wildman–Crippen LogP) is 3.33. The van der Waals surface area contributed by atoms with E-state index in [1.54, 1.807) is 11.0 Å². The Morgan fingerprint density at radius 3 is 2.75 bits per heavy atom. The maximum absolute atomic E-state index is 13.3. The summed E-state index contributed by atoms with van der Waals surface area (Å²) in [7, 11) is 0. The maximum atomic E-state index is 13.3. The van der Waals surface area contributed by atoms with E-state index in [0.717, 1.165) is 17.7 Å². The lowest BCUT2D eigenvalue weighted by Crippen LogP contribution is -2.49. The van der Waals surface area contributed by atoms with E-state index in [1.165, 1.54) is 6.07 Å². The SMILES string of the molecule is O=C(Cc1ccc(F)c(F)c1)N1CCNCC1c1ccccc1Cl. The number of hydrogen-bond acceptors (Lipinski definition) is 2. The minimum atomic E-state index is -0.941. The summed E-state index contributed by atoms with van der Waals surface area (Å²) in [5.41, 5.74) is 1.33. The smallest absolute Gasteiger partial charge is 0.227 e. The molecule has 0 aliphatic carbocycles. The second kappa shape index (κ2) is 7.28. The van der Waals surface area contributed by atoms with E-state index in [4.69, 9.17) is 11.6 Å². The van der Waals surface area contributed by atoms with Crippen molar-refractivity contribution in [3.05, 3.63) is 70.2 Å². The summed E-state index contributed by atoms with van der Waals surface area (Å²) in [6, 6.07) is 10.8. The zero-order valence-corrected chi connectivity index (χ0v) is 13.7. The summed E-state index contributed by atoms with van der Waals surface area (Å²) in [5.74, 6) is -1.99. The summed E-state index contributed by atoms with van der Waals surface area (Å²) in [4.78, 5) is 14.4. The van der Waals surface area contributed by atoms with Crippen molar-refractivity contribution < 1.29 is 13.6 Å². The Morgan fingerprint density at radius 2 is 2.00 bits per heavy atom. The van der Waals surface area contributed by atoms with Gasteiger partial charge in [0, 0.05) is 24.7 Å². The third kappa shape index (κ3) is 3.57. The second-order valence-electron chi connectivity index (χ2n) is 5.75. The highest BCUT2D eigenvalue weighted by atomic mass is 35.5. The van der Waals surface area contributed by atoms with E-state index in [-0.39, 0.29) is 18.4 Å². The maximum Gasteiger partial charge on any atom is 0.227 e. The molecule has 0 bridgehead atoms. The normalized spacial score (nSPS) is 17.8. The molecule has 24 heavy (non-hydrogen) atoms. The lowest BCUT2D eigenvalue weighted by Gasteiger charge is -2.37. The van der Waals surface area contributed by atoms with Gasteiger partial charge in [-0.05, 0) is 29.3 Å². The highest BCUT2D eigenvalue weighted by molar-refractivity contribution is 6.31. The summed E-state index contributed by atoms with van der Waals surface area (Å²) in [6.07, 6.45) is 0.0259. The molecule has 1 aliphatic heterocycles. The van der Waals surface area contributed by atoms with Gasteiger partial charge in [-0.3, -0.25) is 4.79 Å². The number of piperazine rings is 1. The van der Waals surface area contributed by atoms with Crippen LogP contribution in [0.4, 0.5) is 8.78 Å². The molecule has 0 aromatic heterocycles. The Labute approximate surface area is 144 Å². The zero-order chi connectivity index (χ0) is 17.1. The average molecular weight is 351 g/mol. The topological polar surface area (TPSA) is 32.3 Å². The van der Waals surface area contributed by atoms with Crippen molar-refractivity contribution in [3.8, 4) is 0 Å². The predicted molar refractivity (Wildman–Crippen MR) is 88.8 cm³/mol. The van der Waals surface area contributed by atoms with Crippen LogP contribution < -0.4 is 5.32 Å². The van der Waals surface area contributed by atoms with Gasteiger partial charge in [0.2, 0.25) is 5.91 Å². The van der Waals surface area contributed by atoms with Crippen LogP contribution in [0.15, 0.2) is 42.5 Å². The van der Waals surface area contributed by atoms with Crippen LogP contribution in [-0.2, 0) is 11.2 Å². The molecule has 1 heterocycles. The van der Waals surface area contributed by atoms with Gasteiger partial charge in [0.25, 0.3) is 0 Å². The van der Waals surface area contributed by atoms with Gasteiger partial charge in [0.05, 0.1) is 12.5 Å². The summed E-state index contributed by atoms with van der Waals surface area (Å²) in [5, 5.41) is 3.87. The summed E-state index contributed by atoms with van der Waals surface area (Å²) >= 11 is 6.27. The zero-order valence-electron chi connectivity index (χ0n) is 12.9. The molecule has 6 heteroatoms. The fourth-order valence-corrected chi connectivity index (χ4v) is 3.21. The first-order valence-corrected chi connectivity index (χ1v) is 8.12. The van der Waals surface area contributed by atoms with Gasteiger partial charge in [-0.25, -0.2) is 8.78 Å². The van der Waals surface area contributed by atoms with Gasteiger partial charge in [0.1, 0.15) is 0 Å². The molecule has 3 rings (SSSR count). The lowest BCUT2D eigenvalue weighted by atomic mass is 10.0. The van der Waals surface area contributed by atoms with E-state index in [2.05, 4.69) is 5.32 Å². The first-order valence-electron chi connectivity index (χ1n) is 7.75. The third-order valence-electron chi connectivity index (χ3n) is 4.17. The van der Waals surface area contributed by atoms with Crippen molar-refractivity contribution in [2.75, 3.05) is 19.6 Å². The number of nitrogens with one attached hydrogen (secondary N) is 1. The van der Waals surface area contributed by atoms with Crippen LogP contribution in [0.1, 0.15) is 17.2 Å². The van der Waals surface area contributed by atoms with Crippen LogP contribution in [0.2, 0.25) is 5.02 Å². The fourth-order valence-electron chi connectivity index (χ4n) is 2.95. The lowest BCUT2D eigenvalue weighted by molar-refractivity contribution is -0.133. The van der Waals surface area contributed by atoms with Crippen LogP contribution in [0.5, 0.6) is 0 Å². The monoisotopic (exact) mass is 350 g/mol. The largest absolute Gasteiger partial charge is 0.333 e. The highest BCUT2D eigenvalue weighted by Crippen LogP contribution is 2.29. The number of hydrogen-bond donors (Lipinski definition) is 1. The van der Waals surface area contributed by atoms with Crippen LogP contribution in [0.3, 0.4) is 0 Å². The number of halogens is 3. The molecule has 3 nitrogen and oxygen atoms in total. The third-order valence-corrected chi connectivity index (χ3v) is 4.51. The highest BCUT2D eigenvalue weighted by Gasteiger charge is 2.29. The van der Waals surface area contributed by atoms with Gasteiger partial charge >= 0.3 is 0 Å². The molecular formula is C18H17ClF2N2O. The number of amides is 1. The van der Waals surface area contributed by atoms with Gasteiger partial charge < -0.3 is 10.2 Å². The first-order chi connectivity index (χ1) is 11.6.